The summed E-state index contributed by atoms with van der Waals surface area (Å²) in [5, 5.41) is 4.89. The summed E-state index contributed by atoms with van der Waals surface area (Å²) in [6.07, 6.45) is 1.09. The fourth-order valence-corrected chi connectivity index (χ4v) is 7.50. The van der Waals surface area contributed by atoms with Crippen molar-refractivity contribution in [1.29, 1.82) is 0 Å². The third-order valence-corrected chi connectivity index (χ3v) is 9.90. The lowest BCUT2D eigenvalue weighted by atomic mass is 9.97. The van der Waals surface area contributed by atoms with Crippen molar-refractivity contribution in [3.8, 4) is 0 Å². The van der Waals surface area contributed by atoms with Crippen molar-refractivity contribution in [3.63, 3.8) is 0 Å². The lowest BCUT2D eigenvalue weighted by Gasteiger charge is -2.30. The predicted octanol–water partition coefficient (Wildman–Crippen LogP) is 3.34. The molecule has 2 fully saturated rings. The molecular formula is C21H27N3O3S3. The zero-order valence-corrected chi connectivity index (χ0v) is 19.3. The molecule has 2 aromatic rings. The Morgan fingerprint density at radius 2 is 1.77 bits per heavy atom. The molecule has 0 radical (unpaired) electrons. The third-order valence-electron chi connectivity index (χ3n) is 5.69. The maximum atomic E-state index is 12.9. The first kappa shape index (κ1) is 21.8. The number of carbonyl (C=O) groups is 1. The van der Waals surface area contributed by atoms with Gasteiger partial charge in [-0.05, 0) is 35.9 Å². The van der Waals surface area contributed by atoms with E-state index in [1.165, 1.54) is 15.6 Å². The van der Waals surface area contributed by atoms with E-state index in [4.69, 9.17) is 0 Å². The zero-order chi connectivity index (χ0) is 21.0. The van der Waals surface area contributed by atoms with Gasteiger partial charge in [-0.25, -0.2) is 8.42 Å². The van der Waals surface area contributed by atoms with Crippen LogP contribution in [0.5, 0.6) is 0 Å². The number of rotatable bonds is 6. The average Bonchev–Trinajstić information content (AvgIpc) is 3.32. The minimum absolute atomic E-state index is 0.00942. The van der Waals surface area contributed by atoms with Crippen LogP contribution >= 0.6 is 23.1 Å². The highest BCUT2D eigenvalue weighted by Crippen LogP contribution is 2.28. The number of thiophene rings is 1. The van der Waals surface area contributed by atoms with Crippen LogP contribution in [0.1, 0.15) is 18.4 Å². The Labute approximate surface area is 186 Å². The summed E-state index contributed by atoms with van der Waals surface area (Å²) >= 11 is 3.22. The van der Waals surface area contributed by atoms with Gasteiger partial charge in [-0.3, -0.25) is 9.69 Å². The molecule has 2 aliphatic heterocycles. The smallest absolute Gasteiger partial charge is 0.252 e. The molecule has 0 unspecified atom stereocenters. The minimum atomic E-state index is -3.44. The highest BCUT2D eigenvalue weighted by atomic mass is 32.2. The molecule has 2 saturated heterocycles. The molecule has 3 heterocycles. The second-order valence-electron chi connectivity index (χ2n) is 7.65. The molecule has 0 saturated carbocycles. The van der Waals surface area contributed by atoms with Gasteiger partial charge >= 0.3 is 0 Å². The minimum Gasteiger partial charge on any atom is -0.326 e. The molecule has 1 aromatic heterocycles. The van der Waals surface area contributed by atoms with Gasteiger partial charge in [0.05, 0.1) is 0 Å². The van der Waals surface area contributed by atoms with Gasteiger partial charge in [0, 0.05) is 55.8 Å². The van der Waals surface area contributed by atoms with E-state index in [2.05, 4.69) is 16.3 Å². The van der Waals surface area contributed by atoms with Crippen molar-refractivity contribution in [2.24, 2.45) is 5.92 Å². The van der Waals surface area contributed by atoms with Gasteiger partial charge in [-0.15, -0.1) is 11.3 Å². The molecule has 0 spiro atoms. The Bertz CT molecular complexity index is 949. The number of benzene rings is 1. The zero-order valence-electron chi connectivity index (χ0n) is 16.8. The number of piperidine rings is 1. The van der Waals surface area contributed by atoms with Crippen LogP contribution in [0.15, 0.2) is 46.0 Å². The van der Waals surface area contributed by atoms with Crippen LogP contribution in [0.3, 0.4) is 0 Å². The molecule has 30 heavy (non-hydrogen) atoms. The number of sulfonamides is 1. The summed E-state index contributed by atoms with van der Waals surface area (Å²) in [6, 6.07) is 11.4. The summed E-state index contributed by atoms with van der Waals surface area (Å²) in [5.74, 6) is 2.13. The van der Waals surface area contributed by atoms with Crippen molar-refractivity contribution in [2.45, 2.75) is 23.6 Å². The largest absolute Gasteiger partial charge is 0.326 e. The fourth-order valence-electron chi connectivity index (χ4n) is 3.91. The van der Waals surface area contributed by atoms with E-state index in [1.54, 1.807) is 17.5 Å². The van der Waals surface area contributed by atoms with E-state index in [0.29, 0.717) is 30.1 Å². The number of hydrogen-bond donors (Lipinski definition) is 1. The lowest BCUT2D eigenvalue weighted by molar-refractivity contribution is -0.120. The van der Waals surface area contributed by atoms with Gasteiger partial charge in [-0.2, -0.15) is 16.1 Å². The van der Waals surface area contributed by atoms with Gasteiger partial charge in [0.1, 0.15) is 4.21 Å². The quantitative estimate of drug-likeness (QED) is 0.709. The summed E-state index contributed by atoms with van der Waals surface area (Å²) in [7, 11) is -3.44. The fraction of sp³-hybridized carbons (Fsp3) is 0.476. The predicted molar refractivity (Wildman–Crippen MR) is 123 cm³/mol. The van der Waals surface area contributed by atoms with Crippen LogP contribution in [-0.2, 0) is 21.4 Å². The average molecular weight is 466 g/mol. The SMILES string of the molecule is O=C(Nc1ccccc1CN1CCSCC1)C1CCN(S(=O)(=O)c2cccs2)CC1. The van der Waals surface area contributed by atoms with E-state index >= 15 is 0 Å². The molecule has 0 bridgehead atoms. The van der Waals surface area contributed by atoms with E-state index in [9.17, 15) is 13.2 Å². The Balaban J connectivity index is 1.35. The molecule has 9 heteroatoms. The van der Waals surface area contributed by atoms with Crippen molar-refractivity contribution in [3.05, 3.63) is 47.3 Å². The Morgan fingerprint density at radius 1 is 1.03 bits per heavy atom. The van der Waals surface area contributed by atoms with E-state index in [1.807, 2.05) is 30.0 Å². The standard InChI is InChI=1S/C21H27N3O3S3/c25-21(17-7-9-24(10-8-17)30(26,27)20-6-3-13-29-20)22-19-5-2-1-4-18(19)16-23-11-14-28-15-12-23/h1-6,13,17H,7-12,14-16H2,(H,22,25). The van der Waals surface area contributed by atoms with E-state index < -0.39 is 10.0 Å². The number of hydrogen-bond acceptors (Lipinski definition) is 6. The number of amides is 1. The number of anilines is 1. The summed E-state index contributed by atoms with van der Waals surface area (Å²) in [5.41, 5.74) is 2.00. The number of carbonyl (C=O) groups excluding carboxylic acids is 1. The second kappa shape index (κ2) is 9.82. The van der Waals surface area contributed by atoms with Crippen LogP contribution in [0.4, 0.5) is 5.69 Å². The summed E-state index contributed by atoms with van der Waals surface area (Å²) in [6.45, 7) is 3.75. The van der Waals surface area contributed by atoms with Crippen LogP contribution in [0.25, 0.3) is 0 Å². The maximum absolute atomic E-state index is 12.9. The number of thioether (sulfide) groups is 1. The third kappa shape index (κ3) is 5.08. The van der Waals surface area contributed by atoms with E-state index in [0.717, 1.165) is 42.4 Å². The van der Waals surface area contributed by atoms with Crippen LogP contribution in [-0.4, -0.2) is 61.2 Å². The molecule has 6 nitrogen and oxygen atoms in total. The molecule has 162 valence electrons. The first-order valence-corrected chi connectivity index (χ1v) is 13.7. The highest BCUT2D eigenvalue weighted by molar-refractivity contribution is 7.99. The Kier molecular flexibility index (Phi) is 7.15. The van der Waals surface area contributed by atoms with Gasteiger partial charge in [0.2, 0.25) is 5.91 Å². The van der Waals surface area contributed by atoms with Gasteiger partial charge < -0.3 is 5.32 Å². The van der Waals surface area contributed by atoms with Crippen LogP contribution in [0, 0.1) is 5.92 Å². The van der Waals surface area contributed by atoms with Crippen LogP contribution < -0.4 is 5.32 Å². The molecular weight excluding hydrogens is 438 g/mol. The van der Waals surface area contributed by atoms with Crippen molar-refractivity contribution < 1.29 is 13.2 Å². The monoisotopic (exact) mass is 465 g/mol. The van der Waals surface area contributed by atoms with Gasteiger partial charge in [-0.1, -0.05) is 24.3 Å². The molecule has 1 aromatic carbocycles. The van der Waals surface area contributed by atoms with Crippen molar-refractivity contribution >= 4 is 44.7 Å². The first-order chi connectivity index (χ1) is 14.5. The molecule has 0 atom stereocenters. The van der Waals surface area contributed by atoms with Crippen molar-refractivity contribution in [2.75, 3.05) is 43.0 Å². The highest BCUT2D eigenvalue weighted by Gasteiger charge is 2.32. The summed E-state index contributed by atoms with van der Waals surface area (Å²) < 4.78 is 27.2. The molecule has 2 aliphatic rings. The Morgan fingerprint density at radius 3 is 2.47 bits per heavy atom. The number of nitrogens with one attached hydrogen (secondary N) is 1. The molecule has 1 N–H and O–H groups in total. The first-order valence-electron chi connectivity index (χ1n) is 10.3. The molecule has 1 amide bonds. The molecule has 0 aliphatic carbocycles. The van der Waals surface area contributed by atoms with E-state index in [-0.39, 0.29) is 11.8 Å². The van der Waals surface area contributed by atoms with Gasteiger partial charge in [0.15, 0.2) is 0 Å². The van der Waals surface area contributed by atoms with Crippen LogP contribution in [0.2, 0.25) is 0 Å². The molecule has 4 rings (SSSR count). The Hall–Kier alpha value is -1.39. The normalized spacial score (nSPS) is 19.6. The van der Waals surface area contributed by atoms with Crippen molar-refractivity contribution in [1.82, 2.24) is 9.21 Å². The number of para-hydroxylation sites is 1. The summed E-state index contributed by atoms with van der Waals surface area (Å²) in [4.78, 5) is 15.3. The number of nitrogens with zero attached hydrogens (tertiary/aromatic N) is 2. The second-order valence-corrected chi connectivity index (χ2v) is 12.0. The topological polar surface area (TPSA) is 69.7 Å². The lowest BCUT2D eigenvalue weighted by Crippen LogP contribution is -2.41. The van der Waals surface area contributed by atoms with Gasteiger partial charge in [0.25, 0.3) is 10.0 Å². The maximum Gasteiger partial charge on any atom is 0.252 e.